The van der Waals surface area contributed by atoms with Gasteiger partial charge in [-0.3, -0.25) is 4.18 Å². The van der Waals surface area contributed by atoms with E-state index in [9.17, 15) is 13.0 Å². The fraction of sp³-hybridized carbons (Fsp3) is 1.00. The van der Waals surface area contributed by atoms with Gasteiger partial charge in [0.2, 0.25) is 10.4 Å². The first-order valence-corrected chi connectivity index (χ1v) is 8.36. The van der Waals surface area contributed by atoms with Crippen molar-refractivity contribution in [2.45, 2.75) is 6.92 Å². The summed E-state index contributed by atoms with van der Waals surface area (Å²) in [7, 11) is -4.81. The van der Waals surface area contributed by atoms with Crippen LogP contribution in [0.4, 0.5) is 0 Å². The highest BCUT2D eigenvalue weighted by Crippen LogP contribution is 2.40. The quantitative estimate of drug-likeness (QED) is 0.392. The van der Waals surface area contributed by atoms with Gasteiger partial charge >= 0.3 is 0 Å². The molecule has 12 heavy (non-hydrogen) atoms. The third-order valence-corrected chi connectivity index (χ3v) is 0.787. The van der Waals surface area contributed by atoms with Crippen molar-refractivity contribution in [3.8, 4) is 0 Å². The molecule has 0 rings (SSSR count). The standard InChI is InChI=1S/C4H12P.C2H6O4S/c1-5(2,3)4;1-2-6-7(3,4)5/h1-4H3;2H2,1H3,(H,3,4,5)/q+1;/p-1. The van der Waals surface area contributed by atoms with Crippen molar-refractivity contribution in [3.63, 3.8) is 0 Å². The molecule has 0 aromatic rings. The second-order valence-electron chi connectivity index (χ2n) is 3.50. The van der Waals surface area contributed by atoms with Crippen LogP contribution in [0, 0.1) is 0 Å². The minimum absolute atomic E-state index is 0.0914. The van der Waals surface area contributed by atoms with E-state index < -0.39 is 10.4 Å². The van der Waals surface area contributed by atoms with Crippen molar-refractivity contribution in [1.82, 2.24) is 0 Å². The molecule has 4 nitrogen and oxygen atoms in total. The number of hydrogen-bond donors (Lipinski definition) is 0. The summed E-state index contributed by atoms with van der Waals surface area (Å²) in [6.45, 7) is 10.5. The Bertz CT molecular complexity index is 186. The van der Waals surface area contributed by atoms with E-state index in [1.54, 1.807) is 0 Å². The molecule has 0 amide bonds. The molecule has 0 spiro atoms. The molecule has 0 saturated carbocycles. The van der Waals surface area contributed by atoms with E-state index in [0.29, 0.717) is 0 Å². The first-order chi connectivity index (χ1) is 5.06. The topological polar surface area (TPSA) is 66.4 Å². The Labute approximate surface area is 75.6 Å². The van der Waals surface area contributed by atoms with Gasteiger partial charge in [0.25, 0.3) is 0 Å². The summed E-state index contributed by atoms with van der Waals surface area (Å²) in [4.78, 5) is 0. The van der Waals surface area contributed by atoms with Gasteiger partial charge in [-0.15, -0.1) is 0 Å². The van der Waals surface area contributed by atoms with E-state index in [1.807, 2.05) is 0 Å². The highest BCUT2D eigenvalue weighted by atomic mass is 32.3. The van der Waals surface area contributed by atoms with Crippen LogP contribution < -0.4 is 0 Å². The second-order valence-corrected chi connectivity index (χ2v) is 9.92. The SMILES string of the molecule is CCOS(=O)(=O)[O-].C[P+](C)(C)C. The molecular weight excluding hydrogens is 199 g/mol. The van der Waals surface area contributed by atoms with Crippen LogP contribution in [-0.4, -0.2) is 46.2 Å². The third kappa shape index (κ3) is 48.2. The molecule has 0 N–H and O–H groups in total. The summed E-state index contributed by atoms with van der Waals surface area (Å²) in [6, 6.07) is 0. The molecule has 0 heterocycles. The zero-order chi connectivity index (χ0) is 10.4. The lowest BCUT2D eigenvalue weighted by atomic mass is 10.9. The van der Waals surface area contributed by atoms with Crippen LogP contribution in [-0.2, 0) is 14.6 Å². The molecule has 0 radical (unpaired) electrons. The van der Waals surface area contributed by atoms with Crippen LogP contribution in [0.2, 0.25) is 0 Å². The molecule has 0 aliphatic rings. The maximum absolute atomic E-state index is 9.45. The first kappa shape index (κ1) is 14.8. The van der Waals surface area contributed by atoms with E-state index in [-0.39, 0.29) is 13.9 Å². The van der Waals surface area contributed by atoms with Gasteiger partial charge in [-0.1, -0.05) is 0 Å². The number of rotatable bonds is 2. The molecule has 0 aliphatic carbocycles. The lowest BCUT2D eigenvalue weighted by Crippen LogP contribution is -2.02. The fourth-order valence-corrected chi connectivity index (χ4v) is 0.433. The van der Waals surface area contributed by atoms with Crippen molar-refractivity contribution in [3.05, 3.63) is 0 Å². The average Bonchev–Trinajstić information content (AvgIpc) is 1.54. The Morgan fingerprint density at radius 3 is 1.50 bits per heavy atom. The largest absolute Gasteiger partial charge is 0.726 e. The fourth-order valence-electron chi connectivity index (χ4n) is 0.144. The predicted octanol–water partition coefficient (Wildman–Crippen LogP) is 1.01. The molecule has 0 unspecified atom stereocenters. The third-order valence-electron chi connectivity index (χ3n) is 0.262. The van der Waals surface area contributed by atoms with E-state index in [2.05, 4.69) is 30.8 Å². The minimum atomic E-state index is -4.42. The lowest BCUT2D eigenvalue weighted by Gasteiger charge is -2.02. The summed E-state index contributed by atoms with van der Waals surface area (Å²) < 4.78 is 32.0. The monoisotopic (exact) mass is 216 g/mol. The van der Waals surface area contributed by atoms with Crippen molar-refractivity contribution in [1.29, 1.82) is 0 Å². The summed E-state index contributed by atoms with van der Waals surface area (Å²) >= 11 is 0. The van der Waals surface area contributed by atoms with Gasteiger partial charge in [-0.05, 0) is 6.92 Å². The highest BCUT2D eigenvalue weighted by molar-refractivity contribution is 7.80. The van der Waals surface area contributed by atoms with Crippen molar-refractivity contribution in [2.75, 3.05) is 33.3 Å². The Morgan fingerprint density at radius 2 is 1.50 bits per heavy atom. The van der Waals surface area contributed by atoms with Crippen LogP contribution in [0.1, 0.15) is 6.92 Å². The Morgan fingerprint density at radius 1 is 1.25 bits per heavy atom. The molecule has 0 saturated heterocycles. The highest BCUT2D eigenvalue weighted by Gasteiger charge is 2.03. The molecule has 6 heteroatoms. The van der Waals surface area contributed by atoms with Crippen LogP contribution in [0.5, 0.6) is 0 Å². The zero-order valence-corrected chi connectivity index (χ0v) is 9.91. The van der Waals surface area contributed by atoms with Gasteiger partial charge in [0.1, 0.15) is 0 Å². The Kier molecular flexibility index (Phi) is 7.23. The van der Waals surface area contributed by atoms with Crippen molar-refractivity contribution >= 4 is 17.7 Å². The van der Waals surface area contributed by atoms with Crippen LogP contribution in [0.15, 0.2) is 0 Å². The van der Waals surface area contributed by atoms with Crippen molar-refractivity contribution in [2.24, 2.45) is 0 Å². The molecule has 0 aliphatic heterocycles. The van der Waals surface area contributed by atoms with Gasteiger partial charge in [-0.2, -0.15) is 0 Å². The first-order valence-electron chi connectivity index (χ1n) is 3.45. The van der Waals surface area contributed by atoms with E-state index >= 15 is 0 Å². The molecule has 0 bridgehead atoms. The zero-order valence-electron chi connectivity index (χ0n) is 8.20. The summed E-state index contributed by atoms with van der Waals surface area (Å²) in [6.07, 6.45) is 0. The Hall–Kier alpha value is 0.300. The summed E-state index contributed by atoms with van der Waals surface area (Å²) in [5, 5.41) is 0. The van der Waals surface area contributed by atoms with E-state index in [0.717, 1.165) is 0 Å². The van der Waals surface area contributed by atoms with Gasteiger partial charge in [0, 0.05) is 33.9 Å². The summed E-state index contributed by atoms with van der Waals surface area (Å²) in [5.41, 5.74) is 0. The molecule has 0 atom stereocenters. The van der Waals surface area contributed by atoms with Crippen LogP contribution >= 0.6 is 7.26 Å². The van der Waals surface area contributed by atoms with Crippen LogP contribution in [0.25, 0.3) is 0 Å². The predicted molar refractivity (Wildman–Crippen MR) is 51.9 cm³/mol. The lowest BCUT2D eigenvalue weighted by molar-refractivity contribution is 0.275. The Balaban J connectivity index is 0. The molecule has 0 aromatic carbocycles. The molecular formula is C6H17O4PS. The molecule has 0 aromatic heterocycles. The maximum Gasteiger partial charge on any atom is 0.217 e. The van der Waals surface area contributed by atoms with E-state index in [1.165, 1.54) is 6.92 Å². The van der Waals surface area contributed by atoms with E-state index in [4.69, 9.17) is 0 Å². The average molecular weight is 216 g/mol. The van der Waals surface area contributed by atoms with Crippen LogP contribution in [0.3, 0.4) is 0 Å². The maximum atomic E-state index is 9.45. The second kappa shape index (κ2) is 5.86. The smallest absolute Gasteiger partial charge is 0.217 e. The van der Waals surface area contributed by atoms with Gasteiger partial charge < -0.3 is 4.55 Å². The molecule has 76 valence electrons. The number of hydrogen-bond acceptors (Lipinski definition) is 4. The molecule has 0 fully saturated rings. The minimum Gasteiger partial charge on any atom is -0.726 e. The van der Waals surface area contributed by atoms with Crippen molar-refractivity contribution < 1.29 is 17.2 Å². The van der Waals surface area contributed by atoms with Gasteiger partial charge in [0.05, 0.1) is 6.61 Å². The normalized spacial score (nSPS) is 11.8. The summed E-state index contributed by atoms with van der Waals surface area (Å²) in [5.74, 6) is 0. The van der Waals surface area contributed by atoms with Gasteiger partial charge in [0.15, 0.2) is 0 Å². The van der Waals surface area contributed by atoms with Gasteiger partial charge in [-0.25, -0.2) is 8.42 Å².